The van der Waals surface area contributed by atoms with Gasteiger partial charge < -0.3 is 20.1 Å². The van der Waals surface area contributed by atoms with Crippen molar-refractivity contribution in [1.82, 2.24) is 9.97 Å². The van der Waals surface area contributed by atoms with Crippen molar-refractivity contribution in [2.75, 3.05) is 30.9 Å². The van der Waals surface area contributed by atoms with E-state index < -0.39 is 5.82 Å². The lowest BCUT2D eigenvalue weighted by Crippen LogP contribution is -2.13. The van der Waals surface area contributed by atoms with E-state index >= 15 is 0 Å². The molecule has 6 nitrogen and oxygen atoms in total. The van der Waals surface area contributed by atoms with Gasteiger partial charge in [0.2, 0.25) is 5.95 Å². The zero-order chi connectivity index (χ0) is 19.1. The van der Waals surface area contributed by atoms with Crippen LogP contribution in [0.4, 0.5) is 21.8 Å². The van der Waals surface area contributed by atoms with E-state index in [0.717, 1.165) is 11.5 Å². The quantitative estimate of drug-likeness (QED) is 0.553. The van der Waals surface area contributed by atoms with Gasteiger partial charge in [-0.2, -0.15) is 4.98 Å². The van der Waals surface area contributed by atoms with E-state index in [2.05, 4.69) is 20.6 Å². The van der Waals surface area contributed by atoms with E-state index in [1.54, 1.807) is 25.4 Å². The third-order valence-electron chi connectivity index (χ3n) is 3.57. The molecule has 0 fully saturated rings. The van der Waals surface area contributed by atoms with Crippen LogP contribution < -0.4 is 20.1 Å². The van der Waals surface area contributed by atoms with Gasteiger partial charge in [0, 0.05) is 11.9 Å². The van der Waals surface area contributed by atoms with Crippen molar-refractivity contribution in [1.29, 1.82) is 0 Å². The number of nitrogens with zero attached hydrogens (tertiary/aromatic N) is 2. The molecule has 0 spiro atoms. The fourth-order valence-corrected chi connectivity index (χ4v) is 2.42. The summed E-state index contributed by atoms with van der Waals surface area (Å²) in [6, 6.07) is 13.4. The largest absolute Gasteiger partial charge is 0.497 e. The van der Waals surface area contributed by atoms with Gasteiger partial charge in [-0.25, -0.2) is 9.37 Å². The summed E-state index contributed by atoms with van der Waals surface area (Å²) in [6.45, 7) is 1.03. The lowest BCUT2D eigenvalue weighted by atomic mass is 10.3. The standard InChI is InChI=1S/C19H18ClFN4O2/c1-26-14-3-5-15(6-4-14)27-11-10-22-18-8-9-23-19(25-18)24-13-2-7-17(21)16(20)12-13/h2-9,12H,10-11H2,1H3,(H2,22,23,24,25). The molecular formula is C19H18ClFN4O2. The molecule has 0 aliphatic heterocycles. The molecule has 3 rings (SSSR count). The predicted octanol–water partition coefficient (Wildman–Crippen LogP) is 4.51. The lowest BCUT2D eigenvalue weighted by molar-refractivity contribution is 0.331. The van der Waals surface area contributed by atoms with Crippen LogP contribution in [0.2, 0.25) is 5.02 Å². The number of aromatic nitrogens is 2. The molecule has 1 heterocycles. The van der Waals surface area contributed by atoms with Crippen LogP contribution in [0.5, 0.6) is 11.5 Å². The molecule has 0 aliphatic carbocycles. The predicted molar refractivity (Wildman–Crippen MR) is 104 cm³/mol. The van der Waals surface area contributed by atoms with E-state index in [4.69, 9.17) is 21.1 Å². The molecule has 2 aromatic carbocycles. The Kier molecular flexibility index (Phi) is 6.27. The Labute approximate surface area is 161 Å². The van der Waals surface area contributed by atoms with Gasteiger partial charge in [-0.1, -0.05) is 11.6 Å². The van der Waals surface area contributed by atoms with Gasteiger partial charge in [0.05, 0.1) is 18.7 Å². The molecule has 0 amide bonds. The third kappa shape index (κ3) is 5.46. The summed E-state index contributed by atoms with van der Waals surface area (Å²) in [7, 11) is 1.62. The molecule has 1 aromatic heterocycles. The van der Waals surface area contributed by atoms with E-state index in [0.29, 0.717) is 30.6 Å². The first kappa shape index (κ1) is 18.7. The summed E-state index contributed by atoms with van der Waals surface area (Å²) < 4.78 is 24.0. The van der Waals surface area contributed by atoms with Crippen molar-refractivity contribution >= 4 is 29.1 Å². The zero-order valence-corrected chi connectivity index (χ0v) is 15.3. The molecular weight excluding hydrogens is 371 g/mol. The maximum Gasteiger partial charge on any atom is 0.229 e. The van der Waals surface area contributed by atoms with Crippen LogP contribution in [0.3, 0.4) is 0 Å². The highest BCUT2D eigenvalue weighted by Crippen LogP contribution is 2.21. The summed E-state index contributed by atoms with van der Waals surface area (Å²) in [4.78, 5) is 8.48. The zero-order valence-electron chi connectivity index (χ0n) is 14.6. The molecule has 8 heteroatoms. The summed E-state index contributed by atoms with van der Waals surface area (Å²) in [5.41, 5.74) is 0.599. The Balaban J connectivity index is 1.50. The van der Waals surface area contributed by atoms with Gasteiger partial charge in [0.25, 0.3) is 0 Å². The highest BCUT2D eigenvalue weighted by Gasteiger charge is 2.04. The second-order valence-corrected chi connectivity index (χ2v) is 5.88. The second-order valence-electron chi connectivity index (χ2n) is 5.47. The third-order valence-corrected chi connectivity index (χ3v) is 3.86. The summed E-state index contributed by atoms with van der Waals surface area (Å²) in [5, 5.41) is 6.17. The van der Waals surface area contributed by atoms with Crippen molar-refractivity contribution in [3.05, 3.63) is 65.6 Å². The number of hydrogen-bond acceptors (Lipinski definition) is 6. The highest BCUT2D eigenvalue weighted by atomic mass is 35.5. The number of hydrogen-bond donors (Lipinski definition) is 2. The number of halogens is 2. The van der Waals surface area contributed by atoms with Crippen LogP contribution in [-0.2, 0) is 0 Å². The van der Waals surface area contributed by atoms with Crippen molar-refractivity contribution < 1.29 is 13.9 Å². The lowest BCUT2D eigenvalue weighted by Gasteiger charge is -2.10. The average molecular weight is 389 g/mol. The monoisotopic (exact) mass is 388 g/mol. The summed E-state index contributed by atoms with van der Waals surface area (Å²) in [6.07, 6.45) is 1.62. The molecule has 0 atom stereocenters. The minimum Gasteiger partial charge on any atom is -0.497 e. The van der Waals surface area contributed by atoms with E-state index in [-0.39, 0.29) is 5.02 Å². The van der Waals surface area contributed by atoms with E-state index in [1.165, 1.54) is 12.1 Å². The molecule has 0 saturated heterocycles. The van der Waals surface area contributed by atoms with E-state index in [9.17, 15) is 4.39 Å². The topological polar surface area (TPSA) is 68.3 Å². The molecule has 140 valence electrons. The van der Waals surface area contributed by atoms with Crippen LogP contribution in [0.15, 0.2) is 54.7 Å². The molecule has 3 aromatic rings. The Morgan fingerprint density at radius 2 is 1.85 bits per heavy atom. The normalized spacial score (nSPS) is 10.3. The first-order chi connectivity index (χ1) is 13.1. The van der Waals surface area contributed by atoms with Crippen LogP contribution in [0, 0.1) is 5.82 Å². The number of ether oxygens (including phenoxy) is 2. The molecule has 0 bridgehead atoms. The number of nitrogens with one attached hydrogen (secondary N) is 2. The van der Waals surface area contributed by atoms with Crippen molar-refractivity contribution in [2.45, 2.75) is 0 Å². The van der Waals surface area contributed by atoms with Crippen molar-refractivity contribution in [2.24, 2.45) is 0 Å². The first-order valence-corrected chi connectivity index (χ1v) is 8.58. The van der Waals surface area contributed by atoms with Gasteiger partial charge in [0.15, 0.2) is 0 Å². The molecule has 27 heavy (non-hydrogen) atoms. The Bertz CT molecular complexity index is 893. The van der Waals surface area contributed by atoms with Crippen LogP contribution in [-0.4, -0.2) is 30.2 Å². The highest BCUT2D eigenvalue weighted by molar-refractivity contribution is 6.31. The van der Waals surface area contributed by atoms with Gasteiger partial charge in [0.1, 0.15) is 29.7 Å². The van der Waals surface area contributed by atoms with Gasteiger partial charge in [-0.15, -0.1) is 0 Å². The Morgan fingerprint density at radius 1 is 1.07 bits per heavy atom. The number of rotatable bonds is 8. The second kappa shape index (κ2) is 9.05. The molecule has 2 N–H and O–H groups in total. The average Bonchev–Trinajstić information content (AvgIpc) is 2.69. The Hall–Kier alpha value is -3.06. The maximum absolute atomic E-state index is 13.2. The van der Waals surface area contributed by atoms with Crippen molar-refractivity contribution in [3.8, 4) is 11.5 Å². The Morgan fingerprint density at radius 3 is 2.59 bits per heavy atom. The smallest absolute Gasteiger partial charge is 0.229 e. The molecule has 0 aliphatic rings. The fourth-order valence-electron chi connectivity index (χ4n) is 2.24. The number of anilines is 3. The number of benzene rings is 2. The van der Waals surface area contributed by atoms with Crippen LogP contribution >= 0.6 is 11.6 Å². The number of methoxy groups -OCH3 is 1. The van der Waals surface area contributed by atoms with Gasteiger partial charge in [-0.3, -0.25) is 0 Å². The van der Waals surface area contributed by atoms with Crippen LogP contribution in [0.1, 0.15) is 0 Å². The summed E-state index contributed by atoms with van der Waals surface area (Å²) in [5.74, 6) is 2.08. The van der Waals surface area contributed by atoms with Crippen LogP contribution in [0.25, 0.3) is 0 Å². The minimum atomic E-state index is -0.476. The van der Waals surface area contributed by atoms with Crippen molar-refractivity contribution in [3.63, 3.8) is 0 Å². The minimum absolute atomic E-state index is 0.0324. The molecule has 0 unspecified atom stereocenters. The molecule has 0 radical (unpaired) electrons. The van der Waals surface area contributed by atoms with Gasteiger partial charge >= 0.3 is 0 Å². The van der Waals surface area contributed by atoms with Gasteiger partial charge in [-0.05, 0) is 48.5 Å². The molecule has 0 saturated carbocycles. The first-order valence-electron chi connectivity index (χ1n) is 8.20. The van der Waals surface area contributed by atoms with E-state index in [1.807, 2.05) is 24.3 Å². The SMILES string of the molecule is COc1ccc(OCCNc2ccnc(Nc3ccc(F)c(Cl)c3)n2)cc1. The maximum atomic E-state index is 13.2. The summed E-state index contributed by atoms with van der Waals surface area (Å²) >= 11 is 5.77. The fraction of sp³-hybridized carbons (Fsp3) is 0.158.